The Balaban J connectivity index is 0.00000128. The largest absolute Gasteiger partial charge is 0.207 e. The lowest BCUT2D eigenvalue weighted by Crippen LogP contribution is -1.98. The molecule has 0 fully saturated rings. The molecule has 2 rings (SSSR count). The van der Waals surface area contributed by atoms with Gasteiger partial charge in [0.25, 0.3) is 0 Å². The van der Waals surface area contributed by atoms with Crippen molar-refractivity contribution in [3.63, 3.8) is 0 Å². The minimum Gasteiger partial charge on any atom is -0.207 e. The SMILES string of the molecule is Cc1cccc(C2=CC(C)CC=C2F)c1.[HH]. The molecule has 1 atom stereocenters. The van der Waals surface area contributed by atoms with Crippen molar-refractivity contribution in [2.24, 2.45) is 5.92 Å². The molecule has 0 bridgehead atoms. The van der Waals surface area contributed by atoms with E-state index in [4.69, 9.17) is 0 Å². The highest BCUT2D eigenvalue weighted by Crippen LogP contribution is 2.31. The quantitative estimate of drug-likeness (QED) is 0.631. The zero-order chi connectivity index (χ0) is 10.8. The molecule has 1 aliphatic carbocycles. The Morgan fingerprint density at radius 3 is 2.93 bits per heavy atom. The van der Waals surface area contributed by atoms with Gasteiger partial charge in [-0.15, -0.1) is 0 Å². The molecule has 1 heteroatoms. The van der Waals surface area contributed by atoms with Crippen molar-refractivity contribution >= 4 is 5.57 Å². The summed E-state index contributed by atoms with van der Waals surface area (Å²) in [6, 6.07) is 7.98. The van der Waals surface area contributed by atoms with Gasteiger partial charge in [-0.05, 0) is 30.9 Å². The topological polar surface area (TPSA) is 0 Å². The molecule has 0 aromatic heterocycles. The van der Waals surface area contributed by atoms with Crippen LogP contribution >= 0.6 is 0 Å². The second kappa shape index (κ2) is 4.01. The van der Waals surface area contributed by atoms with Gasteiger partial charge < -0.3 is 0 Å². The first-order valence-corrected chi connectivity index (χ1v) is 5.31. The predicted octanol–water partition coefficient (Wildman–Crippen LogP) is 4.52. The van der Waals surface area contributed by atoms with Crippen LogP contribution in [0.1, 0.15) is 25.9 Å². The van der Waals surface area contributed by atoms with Crippen LogP contribution in [0.3, 0.4) is 0 Å². The maximum absolute atomic E-state index is 13.6. The number of aryl methyl sites for hydroxylation is 1. The number of halogens is 1. The van der Waals surface area contributed by atoms with Crippen LogP contribution in [0.5, 0.6) is 0 Å². The Morgan fingerprint density at radius 1 is 1.40 bits per heavy atom. The van der Waals surface area contributed by atoms with Gasteiger partial charge in [0.2, 0.25) is 0 Å². The maximum Gasteiger partial charge on any atom is 0.126 e. The minimum absolute atomic E-state index is 0. The molecule has 0 saturated heterocycles. The molecule has 15 heavy (non-hydrogen) atoms. The van der Waals surface area contributed by atoms with E-state index in [1.165, 1.54) is 5.56 Å². The first-order chi connectivity index (χ1) is 7.16. The highest BCUT2D eigenvalue weighted by atomic mass is 19.1. The lowest BCUT2D eigenvalue weighted by molar-refractivity contribution is 0.633. The first-order valence-electron chi connectivity index (χ1n) is 5.31. The third kappa shape index (κ3) is 2.17. The van der Waals surface area contributed by atoms with Gasteiger partial charge in [-0.3, -0.25) is 0 Å². The van der Waals surface area contributed by atoms with Crippen molar-refractivity contribution in [1.29, 1.82) is 0 Å². The molecule has 1 aromatic carbocycles. The minimum atomic E-state index is -0.0845. The number of benzene rings is 1. The van der Waals surface area contributed by atoms with Crippen LogP contribution in [0.4, 0.5) is 4.39 Å². The van der Waals surface area contributed by atoms with Gasteiger partial charge in [-0.1, -0.05) is 42.8 Å². The molecule has 1 aromatic rings. The van der Waals surface area contributed by atoms with E-state index in [0.29, 0.717) is 5.92 Å². The van der Waals surface area contributed by atoms with E-state index in [-0.39, 0.29) is 7.25 Å². The lowest BCUT2D eigenvalue weighted by atomic mass is 9.92. The zero-order valence-electron chi connectivity index (χ0n) is 9.13. The predicted molar refractivity (Wildman–Crippen MR) is 64.2 cm³/mol. The summed E-state index contributed by atoms with van der Waals surface area (Å²) in [6.45, 7) is 4.14. The summed E-state index contributed by atoms with van der Waals surface area (Å²) >= 11 is 0. The van der Waals surface area contributed by atoms with E-state index in [1.807, 2.05) is 37.3 Å². The third-order valence-electron chi connectivity index (χ3n) is 2.71. The van der Waals surface area contributed by atoms with E-state index >= 15 is 0 Å². The molecule has 0 spiro atoms. The van der Waals surface area contributed by atoms with Gasteiger partial charge in [-0.25, -0.2) is 4.39 Å². The Labute approximate surface area is 91.6 Å². The fourth-order valence-corrected chi connectivity index (χ4v) is 1.88. The number of hydrogen-bond donors (Lipinski definition) is 0. The molecule has 0 N–H and O–H groups in total. The van der Waals surface area contributed by atoms with Crippen LogP contribution in [0.15, 0.2) is 42.2 Å². The average Bonchev–Trinajstić information content (AvgIpc) is 2.22. The highest BCUT2D eigenvalue weighted by molar-refractivity contribution is 5.78. The summed E-state index contributed by atoms with van der Waals surface area (Å²) in [7, 11) is 0. The van der Waals surface area contributed by atoms with Crippen LogP contribution in [0, 0.1) is 12.8 Å². The van der Waals surface area contributed by atoms with Gasteiger partial charge in [-0.2, -0.15) is 0 Å². The molecular formula is C14H17F. The van der Waals surface area contributed by atoms with E-state index in [1.54, 1.807) is 6.08 Å². The third-order valence-corrected chi connectivity index (χ3v) is 2.71. The monoisotopic (exact) mass is 204 g/mol. The summed E-state index contributed by atoms with van der Waals surface area (Å²) < 4.78 is 13.6. The van der Waals surface area contributed by atoms with E-state index in [9.17, 15) is 4.39 Å². The molecule has 1 aliphatic rings. The Hall–Kier alpha value is -1.37. The standard InChI is InChI=1S/C14H15F.H2/c1-10-4-3-5-12(8-10)13-9-11(2)6-7-14(13)15;/h3-5,7-9,11H,6H2,1-2H3;1H. The van der Waals surface area contributed by atoms with E-state index in [0.717, 1.165) is 17.6 Å². The second-order valence-electron chi connectivity index (χ2n) is 4.21. The van der Waals surface area contributed by atoms with Crippen molar-refractivity contribution in [2.75, 3.05) is 0 Å². The van der Waals surface area contributed by atoms with Crippen molar-refractivity contribution in [3.8, 4) is 0 Å². The average molecular weight is 204 g/mol. The van der Waals surface area contributed by atoms with Crippen molar-refractivity contribution in [1.82, 2.24) is 0 Å². The van der Waals surface area contributed by atoms with Gasteiger partial charge in [0.15, 0.2) is 0 Å². The summed E-state index contributed by atoms with van der Waals surface area (Å²) in [5, 5.41) is 0. The van der Waals surface area contributed by atoms with E-state index < -0.39 is 0 Å². The normalized spacial score (nSPS) is 20.9. The first kappa shape index (κ1) is 10.2. The van der Waals surface area contributed by atoms with Crippen LogP contribution in [-0.2, 0) is 0 Å². The molecule has 80 valence electrons. The zero-order valence-corrected chi connectivity index (χ0v) is 9.13. The maximum atomic E-state index is 13.6. The van der Waals surface area contributed by atoms with Crippen molar-refractivity contribution in [3.05, 3.63) is 53.4 Å². The molecule has 0 amide bonds. The molecule has 0 nitrogen and oxygen atoms in total. The van der Waals surface area contributed by atoms with Crippen LogP contribution in [0.2, 0.25) is 0 Å². The summed E-state index contributed by atoms with van der Waals surface area (Å²) in [5.74, 6) is 0.346. The van der Waals surface area contributed by atoms with Crippen molar-refractivity contribution in [2.45, 2.75) is 20.3 Å². The smallest absolute Gasteiger partial charge is 0.126 e. The number of allylic oxidation sites excluding steroid dienone is 4. The fraction of sp³-hybridized carbons (Fsp3) is 0.286. The van der Waals surface area contributed by atoms with Crippen molar-refractivity contribution < 1.29 is 5.82 Å². The number of hydrogen-bond acceptors (Lipinski definition) is 0. The highest BCUT2D eigenvalue weighted by Gasteiger charge is 2.14. The molecular weight excluding hydrogens is 187 g/mol. The summed E-state index contributed by atoms with van der Waals surface area (Å²) in [6.07, 6.45) is 4.51. The van der Waals surface area contributed by atoms with Gasteiger partial charge in [0.05, 0.1) is 0 Å². The van der Waals surface area contributed by atoms with E-state index in [2.05, 4.69) is 6.92 Å². The Kier molecular flexibility index (Phi) is 2.72. The molecule has 1 unspecified atom stereocenters. The summed E-state index contributed by atoms with van der Waals surface area (Å²) in [5.41, 5.74) is 2.90. The van der Waals surface area contributed by atoms with Crippen LogP contribution < -0.4 is 0 Å². The van der Waals surface area contributed by atoms with Crippen LogP contribution in [0.25, 0.3) is 5.57 Å². The summed E-state index contributed by atoms with van der Waals surface area (Å²) in [4.78, 5) is 0. The second-order valence-corrected chi connectivity index (χ2v) is 4.21. The van der Waals surface area contributed by atoms with Gasteiger partial charge in [0.1, 0.15) is 5.83 Å². The Morgan fingerprint density at radius 2 is 2.20 bits per heavy atom. The molecule has 0 saturated carbocycles. The molecule has 0 aliphatic heterocycles. The number of rotatable bonds is 1. The lowest BCUT2D eigenvalue weighted by Gasteiger charge is -2.15. The fourth-order valence-electron chi connectivity index (χ4n) is 1.88. The van der Waals surface area contributed by atoms with Crippen LogP contribution in [-0.4, -0.2) is 0 Å². The Bertz CT molecular complexity index is 432. The molecule has 0 heterocycles. The van der Waals surface area contributed by atoms with Gasteiger partial charge >= 0.3 is 0 Å². The van der Waals surface area contributed by atoms with Gasteiger partial charge in [0, 0.05) is 7.00 Å². The molecule has 0 radical (unpaired) electrons.